The highest BCUT2D eigenvalue weighted by Crippen LogP contribution is 2.24. The summed E-state index contributed by atoms with van der Waals surface area (Å²) in [4.78, 5) is 33.1. The van der Waals surface area contributed by atoms with E-state index in [2.05, 4.69) is 14.9 Å². The number of nitrogens with one attached hydrogen (secondary N) is 1. The standard InChI is InChI=1S/C17H25N5O3S/c23-15(14-3-1-9-25-14)20-4-2-5-21(7-6-20)16(24)18-11-13-12-22-8-10-26-17(22)19-13/h12,14H,1-11H2,(H,18,24). The Labute approximate surface area is 157 Å². The monoisotopic (exact) mass is 379 g/mol. The lowest BCUT2D eigenvalue weighted by Crippen LogP contribution is -2.44. The Kier molecular flexibility index (Phi) is 5.35. The van der Waals surface area contributed by atoms with Crippen LogP contribution in [0.5, 0.6) is 0 Å². The van der Waals surface area contributed by atoms with Crippen molar-refractivity contribution in [2.24, 2.45) is 0 Å². The number of carbonyl (C=O) groups is 2. The van der Waals surface area contributed by atoms with Crippen molar-refractivity contribution in [2.45, 2.75) is 43.6 Å². The molecule has 4 rings (SSSR count). The normalized spacial score (nSPS) is 23.0. The highest BCUT2D eigenvalue weighted by atomic mass is 32.2. The molecule has 26 heavy (non-hydrogen) atoms. The number of hydrogen-bond acceptors (Lipinski definition) is 5. The lowest BCUT2D eigenvalue weighted by Gasteiger charge is -2.24. The average Bonchev–Trinajstić information content (AvgIpc) is 3.33. The molecule has 0 aliphatic carbocycles. The second-order valence-electron chi connectivity index (χ2n) is 6.88. The number of urea groups is 1. The molecule has 1 aromatic heterocycles. The minimum atomic E-state index is -0.281. The van der Waals surface area contributed by atoms with Crippen LogP contribution in [0.1, 0.15) is 25.0 Å². The Morgan fingerprint density at radius 2 is 2.04 bits per heavy atom. The lowest BCUT2D eigenvalue weighted by molar-refractivity contribution is -0.140. The fourth-order valence-electron chi connectivity index (χ4n) is 3.64. The first-order chi connectivity index (χ1) is 12.7. The van der Waals surface area contributed by atoms with Gasteiger partial charge < -0.3 is 24.4 Å². The van der Waals surface area contributed by atoms with Gasteiger partial charge in [0, 0.05) is 51.3 Å². The molecule has 0 aromatic carbocycles. The van der Waals surface area contributed by atoms with E-state index in [9.17, 15) is 9.59 Å². The van der Waals surface area contributed by atoms with Gasteiger partial charge in [0.2, 0.25) is 0 Å². The van der Waals surface area contributed by atoms with Gasteiger partial charge in [-0.1, -0.05) is 11.8 Å². The number of imidazole rings is 1. The summed E-state index contributed by atoms with van der Waals surface area (Å²) in [5.41, 5.74) is 0.894. The number of carbonyl (C=O) groups excluding carboxylic acids is 2. The van der Waals surface area contributed by atoms with Gasteiger partial charge in [0.25, 0.3) is 5.91 Å². The molecular formula is C17H25N5O3S. The van der Waals surface area contributed by atoms with Crippen LogP contribution in [0, 0.1) is 0 Å². The summed E-state index contributed by atoms with van der Waals surface area (Å²) in [6.07, 6.45) is 4.29. The Hall–Kier alpha value is -1.74. The first-order valence-electron chi connectivity index (χ1n) is 9.33. The molecule has 3 amide bonds. The Morgan fingerprint density at radius 1 is 1.19 bits per heavy atom. The zero-order chi connectivity index (χ0) is 17.9. The number of hydrogen-bond donors (Lipinski definition) is 1. The van der Waals surface area contributed by atoms with Crippen LogP contribution in [0.25, 0.3) is 0 Å². The van der Waals surface area contributed by atoms with E-state index in [-0.39, 0.29) is 18.0 Å². The summed E-state index contributed by atoms with van der Waals surface area (Å²) >= 11 is 1.75. The zero-order valence-electron chi connectivity index (χ0n) is 14.9. The minimum absolute atomic E-state index is 0.0785. The molecule has 4 heterocycles. The molecule has 1 atom stereocenters. The second-order valence-corrected chi connectivity index (χ2v) is 7.94. The van der Waals surface area contributed by atoms with Gasteiger partial charge in [0.15, 0.2) is 5.16 Å². The van der Waals surface area contributed by atoms with Crippen LogP contribution in [-0.4, -0.2) is 75.9 Å². The van der Waals surface area contributed by atoms with E-state index in [0.29, 0.717) is 39.3 Å². The van der Waals surface area contributed by atoms with Crippen LogP contribution in [0.3, 0.4) is 0 Å². The van der Waals surface area contributed by atoms with Crippen molar-refractivity contribution in [3.05, 3.63) is 11.9 Å². The van der Waals surface area contributed by atoms with Gasteiger partial charge >= 0.3 is 6.03 Å². The summed E-state index contributed by atoms with van der Waals surface area (Å²) in [6.45, 7) is 4.58. The molecule has 0 spiro atoms. The first kappa shape index (κ1) is 17.7. The van der Waals surface area contributed by atoms with E-state index in [4.69, 9.17) is 4.74 Å². The number of amides is 3. The fourth-order valence-corrected chi connectivity index (χ4v) is 4.60. The van der Waals surface area contributed by atoms with Crippen molar-refractivity contribution >= 4 is 23.7 Å². The van der Waals surface area contributed by atoms with Gasteiger partial charge in [0.05, 0.1) is 12.2 Å². The van der Waals surface area contributed by atoms with Crippen molar-refractivity contribution in [3.8, 4) is 0 Å². The maximum Gasteiger partial charge on any atom is 0.317 e. The third-order valence-corrected chi connectivity index (χ3v) is 6.04. The molecule has 1 N–H and O–H groups in total. The van der Waals surface area contributed by atoms with E-state index in [0.717, 1.165) is 42.4 Å². The average molecular weight is 379 g/mol. The third-order valence-electron chi connectivity index (χ3n) is 5.07. The number of rotatable bonds is 3. The van der Waals surface area contributed by atoms with Crippen LogP contribution in [0.4, 0.5) is 4.79 Å². The van der Waals surface area contributed by atoms with Gasteiger partial charge in [-0.15, -0.1) is 0 Å². The molecular weight excluding hydrogens is 354 g/mol. The molecule has 9 heteroatoms. The van der Waals surface area contributed by atoms with E-state index in [1.165, 1.54) is 0 Å². The summed E-state index contributed by atoms with van der Waals surface area (Å²) in [7, 11) is 0. The largest absolute Gasteiger partial charge is 0.368 e. The summed E-state index contributed by atoms with van der Waals surface area (Å²) in [5.74, 6) is 1.15. The van der Waals surface area contributed by atoms with Crippen LogP contribution in [0.15, 0.2) is 11.4 Å². The van der Waals surface area contributed by atoms with Crippen molar-refractivity contribution in [1.82, 2.24) is 24.7 Å². The van der Waals surface area contributed by atoms with Crippen LogP contribution in [0.2, 0.25) is 0 Å². The van der Waals surface area contributed by atoms with Crippen molar-refractivity contribution < 1.29 is 14.3 Å². The molecule has 0 bridgehead atoms. The molecule has 142 valence electrons. The van der Waals surface area contributed by atoms with E-state index in [1.807, 2.05) is 11.1 Å². The van der Waals surface area contributed by atoms with Crippen LogP contribution < -0.4 is 5.32 Å². The number of aromatic nitrogens is 2. The predicted octanol–water partition coefficient (Wildman–Crippen LogP) is 0.912. The van der Waals surface area contributed by atoms with Gasteiger partial charge in [-0.25, -0.2) is 9.78 Å². The smallest absolute Gasteiger partial charge is 0.317 e. The molecule has 0 radical (unpaired) electrons. The molecule has 2 saturated heterocycles. The van der Waals surface area contributed by atoms with Gasteiger partial charge in [0.1, 0.15) is 6.10 Å². The maximum absolute atomic E-state index is 12.5. The second kappa shape index (κ2) is 7.87. The van der Waals surface area contributed by atoms with E-state index in [1.54, 1.807) is 16.7 Å². The predicted molar refractivity (Wildman–Crippen MR) is 96.9 cm³/mol. The highest BCUT2D eigenvalue weighted by Gasteiger charge is 2.30. The molecule has 1 unspecified atom stereocenters. The first-order valence-corrected chi connectivity index (χ1v) is 10.3. The molecule has 8 nitrogen and oxygen atoms in total. The van der Waals surface area contributed by atoms with E-state index >= 15 is 0 Å². The van der Waals surface area contributed by atoms with E-state index < -0.39 is 0 Å². The number of ether oxygens (including phenoxy) is 1. The Bertz CT molecular complexity index is 652. The van der Waals surface area contributed by atoms with Crippen LogP contribution in [-0.2, 0) is 22.6 Å². The zero-order valence-corrected chi connectivity index (χ0v) is 15.7. The quantitative estimate of drug-likeness (QED) is 0.845. The summed E-state index contributed by atoms with van der Waals surface area (Å²) in [5, 5.41) is 3.99. The van der Waals surface area contributed by atoms with Gasteiger partial charge in [-0.05, 0) is 19.3 Å². The summed E-state index contributed by atoms with van der Waals surface area (Å²) in [6, 6.07) is -0.0859. The number of thioether (sulfide) groups is 1. The fraction of sp³-hybridized carbons (Fsp3) is 0.706. The van der Waals surface area contributed by atoms with Gasteiger partial charge in [-0.2, -0.15) is 0 Å². The SMILES string of the molecule is O=C(NCc1cn2c(n1)SCC2)N1CCCN(C(=O)C2CCCO2)CC1. The summed E-state index contributed by atoms with van der Waals surface area (Å²) < 4.78 is 7.63. The Balaban J connectivity index is 1.26. The lowest BCUT2D eigenvalue weighted by atomic mass is 10.2. The topological polar surface area (TPSA) is 79.7 Å². The molecule has 3 aliphatic heterocycles. The Morgan fingerprint density at radius 3 is 2.85 bits per heavy atom. The van der Waals surface area contributed by atoms with Crippen molar-refractivity contribution in [3.63, 3.8) is 0 Å². The van der Waals surface area contributed by atoms with Crippen molar-refractivity contribution in [1.29, 1.82) is 0 Å². The van der Waals surface area contributed by atoms with Gasteiger partial charge in [-0.3, -0.25) is 4.79 Å². The minimum Gasteiger partial charge on any atom is -0.368 e. The molecule has 1 aromatic rings. The molecule has 0 saturated carbocycles. The highest BCUT2D eigenvalue weighted by molar-refractivity contribution is 7.99. The maximum atomic E-state index is 12.5. The molecule has 2 fully saturated rings. The third kappa shape index (κ3) is 3.83. The number of fused-ring (bicyclic) bond motifs is 1. The number of aryl methyl sites for hydroxylation is 1. The van der Waals surface area contributed by atoms with Crippen LogP contribution >= 0.6 is 11.8 Å². The van der Waals surface area contributed by atoms with Crippen molar-refractivity contribution in [2.75, 3.05) is 38.5 Å². The number of nitrogens with zero attached hydrogens (tertiary/aromatic N) is 4. The molecule has 3 aliphatic rings.